The Bertz CT molecular complexity index is 231. The van der Waals surface area contributed by atoms with Crippen LogP contribution in [0.5, 0.6) is 0 Å². The van der Waals surface area contributed by atoms with E-state index < -0.39 is 0 Å². The van der Waals surface area contributed by atoms with Gasteiger partial charge in [-0.05, 0) is 0 Å². The molecule has 2 aromatic rings. The van der Waals surface area contributed by atoms with Crippen LogP contribution >= 0.6 is 0 Å². The lowest BCUT2D eigenvalue weighted by Gasteiger charge is -1.76. The summed E-state index contributed by atoms with van der Waals surface area (Å²) < 4.78 is 1.89. The normalized spacial score (nSPS) is 6.60. The maximum Gasteiger partial charge on any atom is 0.0943 e. The molecular weight excluding hydrogens is 188 g/mol. The maximum absolute atomic E-state index is 3.78. The topological polar surface area (TPSA) is 46.5 Å². The fourth-order valence-corrected chi connectivity index (χ4v) is 0.541. The van der Waals surface area contributed by atoms with Crippen molar-refractivity contribution in [1.82, 2.24) is 19.5 Å². The van der Waals surface area contributed by atoms with Gasteiger partial charge in [0, 0.05) is 31.8 Å². The van der Waals surface area contributed by atoms with Crippen molar-refractivity contribution >= 4 is 0 Å². The second-order valence-electron chi connectivity index (χ2n) is 1.99. The van der Waals surface area contributed by atoms with Gasteiger partial charge in [0.15, 0.2) is 0 Å². The monoisotopic (exact) mass is 212 g/mol. The quantitative estimate of drug-likeness (QED) is 0.729. The number of aromatic amines is 1. The summed E-state index contributed by atoms with van der Waals surface area (Å²) in [5.74, 6) is 0. The number of rotatable bonds is 0. The predicted molar refractivity (Wildman–Crippen MR) is 66.6 cm³/mol. The van der Waals surface area contributed by atoms with Crippen molar-refractivity contribution in [3.63, 3.8) is 0 Å². The molecule has 0 fully saturated rings. The van der Waals surface area contributed by atoms with Gasteiger partial charge < -0.3 is 9.55 Å². The minimum atomic E-state index is 0. The number of aromatic nitrogens is 4. The van der Waals surface area contributed by atoms with Crippen molar-refractivity contribution < 1.29 is 0 Å². The zero-order valence-electron chi connectivity index (χ0n) is 8.31. The molecule has 0 aliphatic carbocycles. The average molecular weight is 212 g/mol. The number of nitrogens with one attached hydrogen (secondary N) is 1. The Morgan fingerprint density at radius 1 is 1.07 bits per heavy atom. The fourth-order valence-electron chi connectivity index (χ4n) is 0.541. The van der Waals surface area contributed by atoms with Gasteiger partial charge in [0.05, 0.1) is 12.7 Å². The number of nitrogens with zero attached hydrogens (tertiary/aromatic N) is 3. The molecule has 0 bridgehead atoms. The number of aryl methyl sites for hydroxylation is 1. The van der Waals surface area contributed by atoms with Crippen LogP contribution in [0.1, 0.15) is 28.7 Å². The van der Waals surface area contributed by atoms with Gasteiger partial charge in [0.1, 0.15) is 0 Å². The van der Waals surface area contributed by atoms with Crippen LogP contribution in [-0.2, 0) is 7.05 Å². The molecule has 0 saturated carbocycles. The first-order chi connectivity index (χ1) is 6.39. The molecule has 0 spiro atoms. The average Bonchev–Trinajstić information content (AvgIpc) is 2.81. The standard InChI is InChI=1S/C4H6N2.C3H4N2.C2H6.2CH4/c1-6-3-2-5-4-6;1-2-5-3-4-1;1-2;;/h2-4H,1H3;1-3H,(H,4,5);1-2H3;2*1H4. The molecule has 0 aliphatic rings. The van der Waals surface area contributed by atoms with E-state index in [4.69, 9.17) is 0 Å². The summed E-state index contributed by atoms with van der Waals surface area (Å²) in [6.45, 7) is 4.00. The van der Waals surface area contributed by atoms with Gasteiger partial charge in [0.2, 0.25) is 0 Å². The van der Waals surface area contributed by atoms with Crippen LogP contribution in [0.2, 0.25) is 0 Å². The molecule has 2 aromatic heterocycles. The van der Waals surface area contributed by atoms with Gasteiger partial charge in [-0.2, -0.15) is 0 Å². The summed E-state index contributed by atoms with van der Waals surface area (Å²) in [5, 5.41) is 0. The van der Waals surface area contributed by atoms with Gasteiger partial charge in [-0.25, -0.2) is 9.97 Å². The van der Waals surface area contributed by atoms with Crippen LogP contribution in [-0.4, -0.2) is 19.5 Å². The Labute approximate surface area is 93.4 Å². The van der Waals surface area contributed by atoms with Crippen molar-refractivity contribution in [2.24, 2.45) is 7.05 Å². The first-order valence-electron chi connectivity index (χ1n) is 4.24. The summed E-state index contributed by atoms with van der Waals surface area (Å²) in [7, 11) is 1.94. The van der Waals surface area contributed by atoms with E-state index in [1.54, 1.807) is 31.2 Å². The van der Waals surface area contributed by atoms with Crippen molar-refractivity contribution in [3.8, 4) is 0 Å². The van der Waals surface area contributed by atoms with Crippen LogP contribution in [0.4, 0.5) is 0 Å². The van der Waals surface area contributed by atoms with E-state index in [0.29, 0.717) is 0 Å². The smallest absolute Gasteiger partial charge is 0.0943 e. The van der Waals surface area contributed by atoms with Crippen LogP contribution < -0.4 is 0 Å². The fraction of sp³-hybridized carbons (Fsp3) is 0.455. The maximum atomic E-state index is 3.78. The SMILES string of the molecule is C.C.CC.Cn1ccnc1.c1c[nH]cn1. The van der Waals surface area contributed by atoms with Gasteiger partial charge in [-0.3, -0.25) is 0 Å². The zero-order valence-corrected chi connectivity index (χ0v) is 8.31. The first kappa shape index (κ1) is 19.1. The molecule has 0 radical (unpaired) electrons. The number of hydrogen-bond donors (Lipinski definition) is 1. The molecule has 0 saturated heterocycles. The molecule has 1 N–H and O–H groups in total. The minimum absolute atomic E-state index is 0. The van der Waals surface area contributed by atoms with Crippen molar-refractivity contribution in [1.29, 1.82) is 0 Å². The molecule has 2 heterocycles. The molecule has 88 valence electrons. The molecule has 0 aromatic carbocycles. The molecule has 15 heavy (non-hydrogen) atoms. The lowest BCUT2D eigenvalue weighted by atomic mass is 10.9. The Morgan fingerprint density at radius 2 is 1.73 bits per heavy atom. The first-order valence-corrected chi connectivity index (χ1v) is 4.24. The van der Waals surface area contributed by atoms with Crippen LogP contribution in [0.3, 0.4) is 0 Å². The van der Waals surface area contributed by atoms with Gasteiger partial charge in [-0.15, -0.1) is 0 Å². The molecule has 0 unspecified atom stereocenters. The van der Waals surface area contributed by atoms with Crippen LogP contribution in [0.25, 0.3) is 0 Å². The largest absolute Gasteiger partial charge is 0.351 e. The Kier molecular flexibility index (Phi) is 19.0. The third-order valence-electron chi connectivity index (χ3n) is 1.04. The number of H-pyrrole nitrogens is 1. The van der Waals surface area contributed by atoms with E-state index >= 15 is 0 Å². The minimum Gasteiger partial charge on any atom is -0.351 e. The summed E-state index contributed by atoms with van der Waals surface area (Å²) in [6.07, 6.45) is 10.5. The molecule has 0 atom stereocenters. The van der Waals surface area contributed by atoms with E-state index in [-0.39, 0.29) is 14.9 Å². The zero-order chi connectivity index (χ0) is 9.94. The van der Waals surface area contributed by atoms with E-state index in [0.717, 1.165) is 0 Å². The second-order valence-corrected chi connectivity index (χ2v) is 1.99. The summed E-state index contributed by atoms with van der Waals surface area (Å²) in [6, 6.07) is 0. The van der Waals surface area contributed by atoms with E-state index in [9.17, 15) is 0 Å². The molecule has 2 rings (SSSR count). The number of imidazole rings is 2. The molecular formula is C11H24N4. The summed E-state index contributed by atoms with van der Waals surface area (Å²) in [5.41, 5.74) is 0. The lowest BCUT2D eigenvalue weighted by Crippen LogP contribution is -1.76. The molecule has 4 nitrogen and oxygen atoms in total. The summed E-state index contributed by atoms with van der Waals surface area (Å²) in [4.78, 5) is 10.2. The Hall–Kier alpha value is -1.58. The number of hydrogen-bond acceptors (Lipinski definition) is 2. The Balaban J connectivity index is -0.000000149. The van der Waals surface area contributed by atoms with E-state index in [2.05, 4.69) is 15.0 Å². The van der Waals surface area contributed by atoms with Crippen molar-refractivity contribution in [3.05, 3.63) is 37.4 Å². The van der Waals surface area contributed by atoms with Gasteiger partial charge >= 0.3 is 0 Å². The third-order valence-corrected chi connectivity index (χ3v) is 1.04. The summed E-state index contributed by atoms with van der Waals surface area (Å²) >= 11 is 0. The van der Waals surface area contributed by atoms with Crippen molar-refractivity contribution in [2.75, 3.05) is 0 Å². The van der Waals surface area contributed by atoms with Gasteiger partial charge in [0.25, 0.3) is 0 Å². The van der Waals surface area contributed by atoms with Crippen LogP contribution in [0.15, 0.2) is 37.4 Å². The molecule has 4 heteroatoms. The van der Waals surface area contributed by atoms with E-state index in [1.807, 2.05) is 31.7 Å². The van der Waals surface area contributed by atoms with E-state index in [1.165, 1.54) is 0 Å². The predicted octanol–water partition coefficient (Wildman–Crippen LogP) is 3.13. The highest BCUT2D eigenvalue weighted by molar-refractivity contribution is 4.70. The highest BCUT2D eigenvalue weighted by Crippen LogP contribution is 1.73. The molecule has 0 aliphatic heterocycles. The highest BCUT2D eigenvalue weighted by Gasteiger charge is 1.69. The third kappa shape index (κ3) is 12.4. The highest BCUT2D eigenvalue weighted by atomic mass is 15.0. The Morgan fingerprint density at radius 3 is 1.87 bits per heavy atom. The van der Waals surface area contributed by atoms with Gasteiger partial charge in [-0.1, -0.05) is 28.7 Å². The van der Waals surface area contributed by atoms with Crippen molar-refractivity contribution in [2.45, 2.75) is 28.7 Å². The lowest BCUT2D eigenvalue weighted by molar-refractivity contribution is 0.913. The van der Waals surface area contributed by atoms with Crippen LogP contribution in [0, 0.1) is 0 Å². The molecule has 0 amide bonds. The second kappa shape index (κ2) is 14.9.